The maximum atomic E-state index is 2.32. The second-order valence-electron chi connectivity index (χ2n) is 3.82. The van der Waals surface area contributed by atoms with E-state index >= 15 is 0 Å². The molecule has 14 heavy (non-hydrogen) atoms. The SMILES string of the molecule is CCCCCC/C(C)=C/c1cccs1. The third kappa shape index (κ3) is 4.61. The van der Waals surface area contributed by atoms with Crippen molar-refractivity contribution in [3.8, 4) is 0 Å². The fraction of sp³-hybridized carbons (Fsp3) is 0.538. The van der Waals surface area contributed by atoms with Crippen molar-refractivity contribution in [1.29, 1.82) is 0 Å². The molecule has 0 unspecified atom stereocenters. The molecule has 0 N–H and O–H groups in total. The summed E-state index contributed by atoms with van der Waals surface area (Å²) in [7, 11) is 0. The highest BCUT2D eigenvalue weighted by Crippen LogP contribution is 2.16. The molecule has 0 radical (unpaired) electrons. The fourth-order valence-corrected chi connectivity index (χ4v) is 2.26. The Morgan fingerprint density at radius 1 is 1.36 bits per heavy atom. The largest absolute Gasteiger partial charge is 0.144 e. The van der Waals surface area contributed by atoms with Crippen LogP contribution in [-0.2, 0) is 0 Å². The number of allylic oxidation sites excluding steroid dienone is 1. The third-order valence-corrected chi connectivity index (χ3v) is 3.18. The second-order valence-corrected chi connectivity index (χ2v) is 4.80. The summed E-state index contributed by atoms with van der Waals surface area (Å²) in [5.41, 5.74) is 1.52. The number of unbranched alkanes of at least 4 members (excludes halogenated alkanes) is 3. The van der Waals surface area contributed by atoms with Gasteiger partial charge in [-0.25, -0.2) is 0 Å². The van der Waals surface area contributed by atoms with Gasteiger partial charge in [-0.05, 0) is 37.3 Å². The summed E-state index contributed by atoms with van der Waals surface area (Å²) < 4.78 is 0. The van der Waals surface area contributed by atoms with Crippen LogP contribution in [0.2, 0.25) is 0 Å². The first kappa shape index (κ1) is 11.5. The first-order chi connectivity index (χ1) is 6.83. The molecule has 0 amide bonds. The first-order valence-electron chi connectivity index (χ1n) is 5.53. The molecule has 0 bridgehead atoms. The minimum Gasteiger partial charge on any atom is -0.144 e. The van der Waals surface area contributed by atoms with Crippen molar-refractivity contribution < 1.29 is 0 Å². The average Bonchev–Trinajstić information content (AvgIpc) is 2.65. The van der Waals surface area contributed by atoms with Crippen LogP contribution in [0, 0.1) is 0 Å². The van der Waals surface area contributed by atoms with Gasteiger partial charge in [-0.15, -0.1) is 11.3 Å². The highest BCUT2D eigenvalue weighted by Gasteiger charge is 1.93. The fourth-order valence-electron chi connectivity index (χ4n) is 1.52. The number of rotatable bonds is 6. The lowest BCUT2D eigenvalue weighted by Crippen LogP contribution is -1.79. The molecule has 1 heterocycles. The van der Waals surface area contributed by atoms with E-state index < -0.39 is 0 Å². The van der Waals surface area contributed by atoms with Crippen molar-refractivity contribution in [1.82, 2.24) is 0 Å². The molecule has 0 saturated carbocycles. The van der Waals surface area contributed by atoms with Crippen molar-refractivity contribution in [2.75, 3.05) is 0 Å². The van der Waals surface area contributed by atoms with Crippen LogP contribution in [0.3, 0.4) is 0 Å². The Labute approximate surface area is 91.7 Å². The number of thiophene rings is 1. The maximum Gasteiger partial charge on any atom is 0.0269 e. The standard InChI is InChI=1S/C13H20S/c1-3-4-5-6-8-12(2)11-13-9-7-10-14-13/h7,9-11H,3-6,8H2,1-2H3/b12-11+. The highest BCUT2D eigenvalue weighted by atomic mass is 32.1. The van der Waals surface area contributed by atoms with Gasteiger partial charge in [0.05, 0.1) is 0 Å². The van der Waals surface area contributed by atoms with Crippen LogP contribution in [0.5, 0.6) is 0 Å². The molecule has 0 aliphatic heterocycles. The van der Waals surface area contributed by atoms with Gasteiger partial charge in [0.1, 0.15) is 0 Å². The van der Waals surface area contributed by atoms with Gasteiger partial charge < -0.3 is 0 Å². The van der Waals surface area contributed by atoms with Gasteiger partial charge >= 0.3 is 0 Å². The molecule has 1 aromatic heterocycles. The summed E-state index contributed by atoms with van der Waals surface area (Å²) in [5, 5.41) is 2.14. The lowest BCUT2D eigenvalue weighted by atomic mass is 10.1. The van der Waals surface area contributed by atoms with Gasteiger partial charge in [0.25, 0.3) is 0 Å². The first-order valence-corrected chi connectivity index (χ1v) is 6.41. The number of hydrogen-bond acceptors (Lipinski definition) is 1. The van der Waals surface area contributed by atoms with E-state index in [-0.39, 0.29) is 0 Å². The predicted molar refractivity (Wildman–Crippen MR) is 66.7 cm³/mol. The topological polar surface area (TPSA) is 0 Å². The van der Waals surface area contributed by atoms with E-state index in [1.54, 1.807) is 0 Å². The Morgan fingerprint density at radius 2 is 2.21 bits per heavy atom. The molecule has 0 spiro atoms. The summed E-state index contributed by atoms with van der Waals surface area (Å²) in [6, 6.07) is 4.29. The molecule has 0 nitrogen and oxygen atoms in total. The van der Waals surface area contributed by atoms with E-state index in [1.807, 2.05) is 11.3 Å². The van der Waals surface area contributed by atoms with Gasteiger partial charge in [0.15, 0.2) is 0 Å². The predicted octanol–water partition coefficient (Wildman–Crippen LogP) is 5.12. The van der Waals surface area contributed by atoms with Gasteiger partial charge in [0, 0.05) is 4.88 Å². The van der Waals surface area contributed by atoms with Crippen molar-refractivity contribution in [3.05, 3.63) is 28.0 Å². The lowest BCUT2D eigenvalue weighted by molar-refractivity contribution is 0.665. The minimum absolute atomic E-state index is 1.26. The quantitative estimate of drug-likeness (QED) is 0.569. The van der Waals surface area contributed by atoms with Gasteiger partial charge in [0.2, 0.25) is 0 Å². The van der Waals surface area contributed by atoms with E-state index in [2.05, 4.69) is 37.4 Å². The van der Waals surface area contributed by atoms with Crippen molar-refractivity contribution in [3.63, 3.8) is 0 Å². The van der Waals surface area contributed by atoms with Gasteiger partial charge in [-0.1, -0.05) is 37.8 Å². The van der Waals surface area contributed by atoms with E-state index in [4.69, 9.17) is 0 Å². The Kier molecular flexibility index (Phi) is 5.62. The third-order valence-electron chi connectivity index (χ3n) is 2.36. The molecule has 0 aliphatic carbocycles. The van der Waals surface area contributed by atoms with Gasteiger partial charge in [-0.2, -0.15) is 0 Å². The van der Waals surface area contributed by atoms with Crippen molar-refractivity contribution >= 4 is 17.4 Å². The van der Waals surface area contributed by atoms with Crippen LogP contribution >= 0.6 is 11.3 Å². The van der Waals surface area contributed by atoms with E-state index in [0.717, 1.165) is 0 Å². The van der Waals surface area contributed by atoms with Crippen LogP contribution in [0.4, 0.5) is 0 Å². The molecule has 0 atom stereocenters. The van der Waals surface area contributed by atoms with E-state index in [9.17, 15) is 0 Å². The van der Waals surface area contributed by atoms with Crippen LogP contribution < -0.4 is 0 Å². The zero-order valence-electron chi connectivity index (χ0n) is 9.25. The summed E-state index contributed by atoms with van der Waals surface area (Å²) in [5.74, 6) is 0. The Hall–Kier alpha value is -0.560. The highest BCUT2D eigenvalue weighted by molar-refractivity contribution is 7.10. The monoisotopic (exact) mass is 208 g/mol. The number of hydrogen-bond donors (Lipinski definition) is 0. The Balaban J connectivity index is 2.24. The van der Waals surface area contributed by atoms with E-state index in [0.29, 0.717) is 0 Å². The van der Waals surface area contributed by atoms with Crippen LogP contribution in [0.15, 0.2) is 23.1 Å². The molecule has 1 rings (SSSR count). The van der Waals surface area contributed by atoms with Crippen LogP contribution in [0.1, 0.15) is 50.8 Å². The Bertz CT molecular complexity index is 257. The second kappa shape index (κ2) is 6.83. The molecule has 78 valence electrons. The Morgan fingerprint density at radius 3 is 2.86 bits per heavy atom. The molecule has 1 aromatic rings. The zero-order chi connectivity index (χ0) is 10.2. The minimum atomic E-state index is 1.26. The van der Waals surface area contributed by atoms with Crippen molar-refractivity contribution in [2.45, 2.75) is 46.0 Å². The van der Waals surface area contributed by atoms with Crippen molar-refractivity contribution in [2.24, 2.45) is 0 Å². The zero-order valence-corrected chi connectivity index (χ0v) is 10.1. The molecule has 1 heteroatoms. The molecule has 0 saturated heterocycles. The molecule has 0 aliphatic rings. The lowest BCUT2D eigenvalue weighted by Gasteiger charge is -2.00. The van der Waals surface area contributed by atoms with E-state index in [1.165, 1.54) is 42.6 Å². The summed E-state index contributed by atoms with van der Waals surface area (Å²) >= 11 is 1.82. The molecular weight excluding hydrogens is 188 g/mol. The smallest absolute Gasteiger partial charge is 0.0269 e. The average molecular weight is 208 g/mol. The molecular formula is C13H20S. The summed E-state index contributed by atoms with van der Waals surface area (Å²) in [6.07, 6.45) is 9.02. The molecule has 0 aromatic carbocycles. The van der Waals surface area contributed by atoms with Crippen LogP contribution in [-0.4, -0.2) is 0 Å². The normalized spacial score (nSPS) is 12.0. The molecule has 0 fully saturated rings. The van der Waals surface area contributed by atoms with Crippen LogP contribution in [0.25, 0.3) is 6.08 Å². The maximum absolute atomic E-state index is 2.32. The summed E-state index contributed by atoms with van der Waals surface area (Å²) in [6.45, 7) is 4.50. The summed E-state index contributed by atoms with van der Waals surface area (Å²) in [4.78, 5) is 1.39. The van der Waals surface area contributed by atoms with Gasteiger partial charge in [-0.3, -0.25) is 0 Å².